The molecular weight excluding hydrogens is 354 g/mol. The highest BCUT2D eigenvalue weighted by Gasteiger charge is 2.14. The van der Waals surface area contributed by atoms with Gasteiger partial charge in [-0.1, -0.05) is 12.1 Å². The van der Waals surface area contributed by atoms with E-state index in [2.05, 4.69) is 16.2 Å². The van der Waals surface area contributed by atoms with Gasteiger partial charge in [0.1, 0.15) is 6.07 Å². The minimum atomic E-state index is -0.247. The summed E-state index contributed by atoms with van der Waals surface area (Å²) in [7, 11) is 1.67. The smallest absolute Gasteiger partial charge is 0.250 e. The number of nitrogens with zero attached hydrogens (tertiary/aromatic N) is 4. The first-order valence-electron chi connectivity index (χ1n) is 8.51. The molecule has 0 amide bonds. The maximum atomic E-state index is 12.2. The number of pyridine rings is 2. The van der Waals surface area contributed by atoms with E-state index < -0.39 is 0 Å². The first kappa shape index (κ1) is 17.2. The number of aromatic nitrogens is 4. The van der Waals surface area contributed by atoms with E-state index >= 15 is 0 Å². The Hall–Kier alpha value is -4.18. The van der Waals surface area contributed by atoms with Crippen molar-refractivity contribution in [3.63, 3.8) is 0 Å². The van der Waals surface area contributed by atoms with Crippen molar-refractivity contribution < 1.29 is 0 Å². The molecular formula is C21H15N5O2. The van der Waals surface area contributed by atoms with Crippen molar-refractivity contribution in [3.05, 3.63) is 93.5 Å². The van der Waals surface area contributed by atoms with Crippen molar-refractivity contribution in [1.82, 2.24) is 19.3 Å². The molecule has 0 saturated heterocycles. The van der Waals surface area contributed by atoms with Crippen LogP contribution in [0.3, 0.4) is 0 Å². The molecule has 0 unspecified atom stereocenters. The number of aryl methyl sites for hydroxylation is 1. The molecule has 7 nitrogen and oxygen atoms in total. The average Bonchev–Trinajstić information content (AvgIpc) is 3.19. The molecule has 1 N–H and O–H groups in total. The molecule has 4 rings (SSSR count). The van der Waals surface area contributed by atoms with E-state index in [9.17, 15) is 14.9 Å². The summed E-state index contributed by atoms with van der Waals surface area (Å²) in [6, 6.07) is 14.0. The Balaban J connectivity index is 1.90. The number of rotatable bonds is 3. The van der Waals surface area contributed by atoms with Gasteiger partial charge in [0.15, 0.2) is 0 Å². The fraction of sp³-hybridized carbons (Fsp3) is 0.0476. The van der Waals surface area contributed by atoms with Gasteiger partial charge in [-0.3, -0.25) is 9.59 Å². The molecule has 0 bridgehead atoms. The van der Waals surface area contributed by atoms with E-state index in [0.29, 0.717) is 22.4 Å². The highest BCUT2D eigenvalue weighted by molar-refractivity contribution is 5.82. The summed E-state index contributed by atoms with van der Waals surface area (Å²) in [5, 5.41) is 13.7. The van der Waals surface area contributed by atoms with Crippen LogP contribution in [0.15, 0.2) is 76.8 Å². The van der Waals surface area contributed by atoms with Crippen LogP contribution in [0.4, 0.5) is 0 Å². The number of nitrogens with one attached hydrogen (secondary N) is 1. The van der Waals surface area contributed by atoms with Gasteiger partial charge >= 0.3 is 0 Å². The van der Waals surface area contributed by atoms with Crippen LogP contribution < -0.4 is 11.1 Å². The molecule has 7 heteroatoms. The Morgan fingerprint density at radius 2 is 1.86 bits per heavy atom. The van der Waals surface area contributed by atoms with Gasteiger partial charge in [0, 0.05) is 48.9 Å². The number of H-pyrrole nitrogens is 1. The molecule has 0 spiro atoms. The lowest BCUT2D eigenvalue weighted by Gasteiger charge is -2.10. The van der Waals surface area contributed by atoms with Gasteiger partial charge in [-0.2, -0.15) is 10.4 Å². The summed E-state index contributed by atoms with van der Waals surface area (Å²) >= 11 is 0. The molecule has 3 aromatic heterocycles. The van der Waals surface area contributed by atoms with Gasteiger partial charge in [-0.05, 0) is 29.3 Å². The molecule has 0 radical (unpaired) electrons. The summed E-state index contributed by atoms with van der Waals surface area (Å²) in [5.74, 6) is 0. The standard InChI is InChI=1S/C21H15N5O2/c1-25-13-18(17(9-21(25)28)14-6-7-23-20(27)8-14)16-11-24-26(12-16)19-5-3-2-4-15(19)10-22/h2-9,11-13H,1H3,(H,23,27). The lowest BCUT2D eigenvalue weighted by Crippen LogP contribution is -2.16. The van der Waals surface area contributed by atoms with Gasteiger partial charge in [0.25, 0.3) is 5.56 Å². The van der Waals surface area contributed by atoms with Gasteiger partial charge in [0.2, 0.25) is 5.56 Å². The minimum absolute atomic E-state index is 0.179. The second kappa shape index (κ2) is 6.85. The predicted molar refractivity (Wildman–Crippen MR) is 105 cm³/mol. The van der Waals surface area contributed by atoms with E-state index in [-0.39, 0.29) is 11.1 Å². The van der Waals surface area contributed by atoms with Crippen LogP contribution in [0.5, 0.6) is 0 Å². The zero-order chi connectivity index (χ0) is 19.7. The summed E-state index contributed by atoms with van der Waals surface area (Å²) in [6.07, 6.45) is 6.74. The third-order valence-corrected chi connectivity index (χ3v) is 4.48. The van der Waals surface area contributed by atoms with Crippen LogP contribution in [-0.2, 0) is 7.05 Å². The number of hydrogen-bond acceptors (Lipinski definition) is 4. The van der Waals surface area contributed by atoms with Crippen LogP contribution in [0.2, 0.25) is 0 Å². The number of benzene rings is 1. The van der Waals surface area contributed by atoms with Crippen LogP contribution in [-0.4, -0.2) is 19.3 Å². The average molecular weight is 369 g/mol. The minimum Gasteiger partial charge on any atom is -0.329 e. The van der Waals surface area contributed by atoms with Gasteiger partial charge in [0.05, 0.1) is 17.4 Å². The SMILES string of the molecule is Cn1cc(-c2cnn(-c3ccccc3C#N)c2)c(-c2cc[nH]c(=O)c2)cc1=O. The van der Waals surface area contributed by atoms with E-state index in [1.807, 2.05) is 12.1 Å². The molecule has 0 aliphatic heterocycles. The van der Waals surface area contributed by atoms with Gasteiger partial charge in [-0.15, -0.1) is 0 Å². The number of para-hydroxylation sites is 1. The summed E-state index contributed by atoms with van der Waals surface area (Å²) < 4.78 is 3.10. The molecule has 28 heavy (non-hydrogen) atoms. The first-order valence-corrected chi connectivity index (χ1v) is 8.51. The molecule has 136 valence electrons. The summed E-state index contributed by atoms with van der Waals surface area (Å²) in [5.41, 5.74) is 3.55. The predicted octanol–water partition coefficient (Wildman–Crippen LogP) is 2.46. The Kier molecular flexibility index (Phi) is 4.22. The van der Waals surface area contributed by atoms with Crippen LogP contribution in [0.1, 0.15) is 5.56 Å². The Morgan fingerprint density at radius 1 is 1.04 bits per heavy atom. The second-order valence-corrected chi connectivity index (χ2v) is 6.29. The lowest BCUT2D eigenvalue weighted by molar-refractivity contribution is 0.863. The van der Waals surface area contributed by atoms with Crippen molar-refractivity contribution in [2.75, 3.05) is 0 Å². The van der Waals surface area contributed by atoms with Gasteiger partial charge in [-0.25, -0.2) is 4.68 Å². The molecule has 0 aliphatic carbocycles. The monoisotopic (exact) mass is 369 g/mol. The summed E-state index contributed by atoms with van der Waals surface area (Å²) in [6.45, 7) is 0. The van der Waals surface area contributed by atoms with Crippen molar-refractivity contribution in [2.45, 2.75) is 0 Å². The topological polar surface area (TPSA) is 96.5 Å². The van der Waals surface area contributed by atoms with Crippen molar-refractivity contribution in [1.29, 1.82) is 5.26 Å². The van der Waals surface area contributed by atoms with E-state index in [0.717, 1.165) is 11.1 Å². The molecule has 0 aliphatic rings. The lowest BCUT2D eigenvalue weighted by atomic mass is 9.99. The van der Waals surface area contributed by atoms with Crippen molar-refractivity contribution >= 4 is 0 Å². The molecule has 0 fully saturated rings. The van der Waals surface area contributed by atoms with Crippen LogP contribution in [0.25, 0.3) is 27.9 Å². The maximum Gasteiger partial charge on any atom is 0.250 e. The zero-order valence-electron chi connectivity index (χ0n) is 15.0. The number of nitriles is 1. The molecule has 0 saturated carbocycles. The Bertz CT molecular complexity index is 1340. The summed E-state index contributed by atoms with van der Waals surface area (Å²) in [4.78, 5) is 26.5. The normalized spacial score (nSPS) is 10.6. The highest BCUT2D eigenvalue weighted by atomic mass is 16.1. The zero-order valence-corrected chi connectivity index (χ0v) is 15.0. The Labute approximate surface area is 159 Å². The highest BCUT2D eigenvalue weighted by Crippen LogP contribution is 2.30. The van der Waals surface area contributed by atoms with Gasteiger partial charge < -0.3 is 9.55 Å². The Morgan fingerprint density at radius 3 is 2.64 bits per heavy atom. The molecule has 1 aromatic carbocycles. The van der Waals surface area contributed by atoms with E-state index in [1.54, 1.807) is 54.7 Å². The number of aromatic amines is 1. The first-order chi connectivity index (χ1) is 13.6. The second-order valence-electron chi connectivity index (χ2n) is 6.29. The maximum absolute atomic E-state index is 12.2. The fourth-order valence-electron chi connectivity index (χ4n) is 3.07. The fourth-order valence-corrected chi connectivity index (χ4v) is 3.07. The van der Waals surface area contributed by atoms with Crippen LogP contribution >= 0.6 is 0 Å². The van der Waals surface area contributed by atoms with Crippen molar-refractivity contribution in [3.8, 4) is 34.0 Å². The molecule has 4 aromatic rings. The quantitative estimate of drug-likeness (QED) is 0.600. The molecule has 3 heterocycles. The molecule has 0 atom stereocenters. The van der Waals surface area contributed by atoms with E-state index in [1.165, 1.54) is 16.7 Å². The van der Waals surface area contributed by atoms with Crippen molar-refractivity contribution in [2.24, 2.45) is 7.05 Å². The largest absolute Gasteiger partial charge is 0.329 e. The third kappa shape index (κ3) is 3.04. The number of hydrogen-bond donors (Lipinski definition) is 1. The van der Waals surface area contributed by atoms with Crippen LogP contribution in [0, 0.1) is 11.3 Å². The van der Waals surface area contributed by atoms with E-state index in [4.69, 9.17) is 0 Å². The third-order valence-electron chi connectivity index (χ3n) is 4.48.